The summed E-state index contributed by atoms with van der Waals surface area (Å²) in [4.78, 5) is 0. The molecular formula is C11H18O2S. The zero-order chi connectivity index (χ0) is 10.8. The highest BCUT2D eigenvalue weighted by molar-refractivity contribution is 7.92. The Hall–Kier alpha value is -0.570. The lowest BCUT2D eigenvalue weighted by Gasteiger charge is -2.32. The van der Waals surface area contributed by atoms with Crippen molar-refractivity contribution in [2.24, 2.45) is 5.92 Å². The van der Waals surface area contributed by atoms with Gasteiger partial charge in [-0.3, -0.25) is 0 Å². The average Bonchev–Trinajstić information content (AvgIpc) is 2.10. The molecule has 0 N–H and O–H groups in total. The van der Waals surface area contributed by atoms with Gasteiger partial charge in [-0.25, -0.2) is 8.42 Å². The Bertz CT molecular complexity index is 351. The minimum Gasteiger partial charge on any atom is -0.228 e. The first-order chi connectivity index (χ1) is 6.44. The predicted octanol–water partition coefficient (Wildman–Crippen LogP) is 2.33. The third kappa shape index (κ3) is 1.78. The van der Waals surface area contributed by atoms with E-state index in [1.54, 1.807) is 0 Å². The Morgan fingerprint density at radius 2 is 2.00 bits per heavy atom. The molecule has 2 atom stereocenters. The molecule has 2 unspecified atom stereocenters. The van der Waals surface area contributed by atoms with Gasteiger partial charge in [-0.05, 0) is 19.3 Å². The zero-order valence-electron chi connectivity index (χ0n) is 9.03. The van der Waals surface area contributed by atoms with Gasteiger partial charge < -0.3 is 0 Å². The summed E-state index contributed by atoms with van der Waals surface area (Å²) in [7, 11) is -3.02. The predicted molar refractivity (Wildman–Crippen MR) is 59.9 cm³/mol. The smallest absolute Gasteiger partial charge is 0.159 e. The van der Waals surface area contributed by atoms with Gasteiger partial charge in [-0.15, -0.1) is 0 Å². The highest BCUT2D eigenvalue weighted by Gasteiger charge is 2.40. The SMILES string of the molecule is CCCS(=O)(=O)C1(C)C=CC=CC1C. The molecule has 2 nitrogen and oxygen atoms in total. The second kappa shape index (κ2) is 3.89. The lowest BCUT2D eigenvalue weighted by atomic mass is 9.91. The third-order valence-corrected chi connectivity index (χ3v) is 5.78. The Kier molecular flexibility index (Phi) is 3.20. The van der Waals surface area contributed by atoms with Crippen molar-refractivity contribution in [3.05, 3.63) is 24.3 Å². The van der Waals surface area contributed by atoms with Gasteiger partial charge in [0.05, 0.1) is 10.5 Å². The lowest BCUT2D eigenvalue weighted by Crippen LogP contribution is -2.41. The third-order valence-electron chi connectivity index (χ3n) is 2.99. The van der Waals surface area contributed by atoms with Crippen LogP contribution in [0, 0.1) is 5.92 Å². The minimum absolute atomic E-state index is 0.0593. The van der Waals surface area contributed by atoms with E-state index in [9.17, 15) is 8.42 Å². The van der Waals surface area contributed by atoms with Crippen LogP contribution in [0.1, 0.15) is 27.2 Å². The number of hydrogen-bond donors (Lipinski definition) is 0. The fraction of sp³-hybridized carbons (Fsp3) is 0.636. The number of allylic oxidation sites excluding steroid dienone is 3. The summed E-state index contributed by atoms with van der Waals surface area (Å²) in [6.07, 6.45) is 8.18. The Balaban J connectivity index is 3.06. The molecule has 0 aromatic carbocycles. The fourth-order valence-corrected chi connectivity index (χ4v) is 3.60. The van der Waals surface area contributed by atoms with Crippen LogP contribution in [0.25, 0.3) is 0 Å². The van der Waals surface area contributed by atoms with Gasteiger partial charge in [-0.1, -0.05) is 38.2 Å². The second-order valence-corrected chi connectivity index (χ2v) is 6.55. The second-order valence-electron chi connectivity index (χ2n) is 4.04. The van der Waals surface area contributed by atoms with E-state index in [1.807, 2.05) is 45.1 Å². The van der Waals surface area contributed by atoms with Crippen LogP contribution < -0.4 is 0 Å². The van der Waals surface area contributed by atoms with Crippen molar-refractivity contribution in [3.8, 4) is 0 Å². The van der Waals surface area contributed by atoms with Crippen LogP contribution in [0.15, 0.2) is 24.3 Å². The van der Waals surface area contributed by atoms with Crippen molar-refractivity contribution >= 4 is 9.84 Å². The van der Waals surface area contributed by atoms with Crippen LogP contribution in [-0.4, -0.2) is 18.9 Å². The van der Waals surface area contributed by atoms with Crippen LogP contribution >= 0.6 is 0 Å². The molecule has 0 aliphatic heterocycles. The molecule has 0 fully saturated rings. The first-order valence-corrected chi connectivity index (χ1v) is 6.67. The molecule has 0 saturated carbocycles. The van der Waals surface area contributed by atoms with E-state index in [0.29, 0.717) is 6.42 Å². The molecule has 14 heavy (non-hydrogen) atoms. The van der Waals surface area contributed by atoms with Crippen LogP contribution in [0.4, 0.5) is 0 Å². The Morgan fingerprint density at radius 3 is 2.50 bits per heavy atom. The van der Waals surface area contributed by atoms with Gasteiger partial charge >= 0.3 is 0 Å². The topological polar surface area (TPSA) is 34.1 Å². The molecule has 0 aromatic heterocycles. The maximum absolute atomic E-state index is 12.0. The van der Waals surface area contributed by atoms with Crippen molar-refractivity contribution < 1.29 is 8.42 Å². The van der Waals surface area contributed by atoms with Gasteiger partial charge in [0.15, 0.2) is 9.84 Å². The molecule has 1 rings (SSSR count). The molecule has 1 aliphatic rings. The van der Waals surface area contributed by atoms with E-state index in [1.165, 1.54) is 0 Å². The zero-order valence-corrected chi connectivity index (χ0v) is 9.84. The molecule has 0 spiro atoms. The summed E-state index contributed by atoms with van der Waals surface area (Å²) in [5, 5.41) is 0. The van der Waals surface area contributed by atoms with Crippen molar-refractivity contribution in [2.45, 2.75) is 31.9 Å². The molecule has 0 bridgehead atoms. The van der Waals surface area contributed by atoms with Crippen LogP contribution in [0.2, 0.25) is 0 Å². The standard InChI is InChI=1S/C11H18O2S/c1-4-9-14(12,13)11(3)8-6-5-7-10(11)2/h5-8,10H,4,9H2,1-3H3. The quantitative estimate of drug-likeness (QED) is 0.722. The molecule has 0 radical (unpaired) electrons. The van der Waals surface area contributed by atoms with Gasteiger partial charge in [0.2, 0.25) is 0 Å². The first-order valence-electron chi connectivity index (χ1n) is 5.02. The molecular weight excluding hydrogens is 196 g/mol. The number of hydrogen-bond acceptors (Lipinski definition) is 2. The van der Waals surface area contributed by atoms with E-state index in [2.05, 4.69) is 0 Å². The van der Waals surface area contributed by atoms with Crippen molar-refractivity contribution in [3.63, 3.8) is 0 Å². The fourth-order valence-electron chi connectivity index (χ4n) is 1.70. The maximum Gasteiger partial charge on any atom is 0.159 e. The monoisotopic (exact) mass is 214 g/mol. The Morgan fingerprint density at radius 1 is 1.36 bits per heavy atom. The normalized spacial score (nSPS) is 32.1. The molecule has 1 aliphatic carbocycles. The Labute approximate surface area is 86.6 Å². The van der Waals surface area contributed by atoms with Gasteiger partial charge in [-0.2, -0.15) is 0 Å². The number of sulfone groups is 1. The van der Waals surface area contributed by atoms with Crippen molar-refractivity contribution in [1.82, 2.24) is 0 Å². The number of rotatable bonds is 3. The van der Waals surface area contributed by atoms with E-state index in [0.717, 1.165) is 0 Å². The summed E-state index contributed by atoms with van der Waals surface area (Å²) in [5.74, 6) is 0.329. The van der Waals surface area contributed by atoms with Crippen molar-refractivity contribution in [1.29, 1.82) is 0 Å². The van der Waals surface area contributed by atoms with Crippen LogP contribution in [0.3, 0.4) is 0 Å². The summed E-state index contributed by atoms with van der Waals surface area (Å²) in [6.45, 7) is 5.66. The average molecular weight is 214 g/mol. The minimum atomic E-state index is -3.02. The molecule has 0 aromatic rings. The summed E-state index contributed by atoms with van der Waals surface area (Å²) in [5.41, 5.74) is 0. The van der Waals surface area contributed by atoms with Crippen LogP contribution in [-0.2, 0) is 9.84 Å². The summed E-state index contributed by atoms with van der Waals surface area (Å²) < 4.78 is 23.4. The van der Waals surface area contributed by atoms with Crippen molar-refractivity contribution in [2.75, 3.05) is 5.75 Å². The van der Waals surface area contributed by atoms with E-state index < -0.39 is 14.6 Å². The van der Waals surface area contributed by atoms with Gasteiger partial charge in [0.25, 0.3) is 0 Å². The highest BCUT2D eigenvalue weighted by atomic mass is 32.2. The summed E-state index contributed by atoms with van der Waals surface area (Å²) in [6, 6.07) is 0. The molecule has 80 valence electrons. The van der Waals surface area contributed by atoms with Gasteiger partial charge in [0.1, 0.15) is 0 Å². The summed E-state index contributed by atoms with van der Waals surface area (Å²) >= 11 is 0. The highest BCUT2D eigenvalue weighted by Crippen LogP contribution is 2.32. The molecule has 0 heterocycles. The molecule has 0 saturated heterocycles. The van der Waals surface area contributed by atoms with E-state index in [4.69, 9.17) is 0 Å². The van der Waals surface area contributed by atoms with Gasteiger partial charge in [0, 0.05) is 0 Å². The van der Waals surface area contributed by atoms with E-state index >= 15 is 0 Å². The lowest BCUT2D eigenvalue weighted by molar-refractivity contribution is 0.513. The van der Waals surface area contributed by atoms with E-state index in [-0.39, 0.29) is 11.7 Å². The first kappa shape index (κ1) is 11.5. The largest absolute Gasteiger partial charge is 0.228 e. The molecule has 0 amide bonds. The van der Waals surface area contributed by atoms with Crippen LogP contribution in [0.5, 0.6) is 0 Å². The maximum atomic E-state index is 12.0. The molecule has 3 heteroatoms.